The summed E-state index contributed by atoms with van der Waals surface area (Å²) in [6.45, 7) is 5.81. The molecule has 0 rings (SSSR count). The molecule has 0 fully saturated rings. The van der Waals surface area contributed by atoms with E-state index >= 15 is 0 Å². The van der Waals surface area contributed by atoms with E-state index in [-0.39, 0.29) is 18.1 Å². The van der Waals surface area contributed by atoms with Gasteiger partial charge in [-0.25, -0.2) is 4.79 Å². The minimum atomic E-state index is -0.164. The Morgan fingerprint density at radius 2 is 2.00 bits per heavy atom. The SMILES string of the molecule is CCC(CC(N)=S)NC(=O)NC(C)C. The lowest BCUT2D eigenvalue weighted by Gasteiger charge is -2.17. The number of thiocarbonyl (C=S) groups is 1. The molecule has 1 atom stereocenters. The molecule has 0 saturated heterocycles. The maximum absolute atomic E-state index is 11.3. The predicted octanol–water partition coefficient (Wildman–Crippen LogP) is 1.15. The molecule has 4 nitrogen and oxygen atoms in total. The molecular formula is C9H19N3OS. The van der Waals surface area contributed by atoms with Crippen LogP contribution < -0.4 is 16.4 Å². The van der Waals surface area contributed by atoms with Crippen molar-refractivity contribution in [3.8, 4) is 0 Å². The average Bonchev–Trinajstić information content (AvgIpc) is 2.00. The van der Waals surface area contributed by atoms with Gasteiger partial charge in [0.05, 0.1) is 4.99 Å². The van der Waals surface area contributed by atoms with Gasteiger partial charge in [0.1, 0.15) is 0 Å². The summed E-state index contributed by atoms with van der Waals surface area (Å²) in [5.74, 6) is 0. The van der Waals surface area contributed by atoms with E-state index in [4.69, 9.17) is 18.0 Å². The van der Waals surface area contributed by atoms with Crippen molar-refractivity contribution in [2.45, 2.75) is 45.7 Å². The van der Waals surface area contributed by atoms with Crippen LogP contribution in [0.5, 0.6) is 0 Å². The first-order valence-corrected chi connectivity index (χ1v) is 5.21. The van der Waals surface area contributed by atoms with Gasteiger partial charge in [-0.1, -0.05) is 19.1 Å². The van der Waals surface area contributed by atoms with E-state index < -0.39 is 0 Å². The molecule has 0 spiro atoms. The van der Waals surface area contributed by atoms with Gasteiger partial charge in [-0.15, -0.1) is 0 Å². The number of nitrogens with two attached hydrogens (primary N) is 1. The highest BCUT2D eigenvalue weighted by molar-refractivity contribution is 7.80. The molecule has 1 unspecified atom stereocenters. The highest BCUT2D eigenvalue weighted by atomic mass is 32.1. The third kappa shape index (κ3) is 6.65. The molecule has 0 aliphatic rings. The molecule has 0 aromatic heterocycles. The van der Waals surface area contributed by atoms with Crippen LogP contribution in [0.2, 0.25) is 0 Å². The third-order valence-corrected chi connectivity index (χ3v) is 1.86. The zero-order valence-corrected chi connectivity index (χ0v) is 9.78. The van der Waals surface area contributed by atoms with Gasteiger partial charge in [-0.05, 0) is 20.3 Å². The normalized spacial score (nSPS) is 12.3. The quantitative estimate of drug-likeness (QED) is 0.605. The number of carbonyl (C=O) groups is 1. The minimum Gasteiger partial charge on any atom is -0.393 e. The standard InChI is InChI=1S/C9H19N3OS/c1-4-7(5-8(10)14)12-9(13)11-6(2)3/h6-7H,4-5H2,1-3H3,(H2,10,14)(H2,11,12,13). The van der Waals surface area contributed by atoms with Crippen molar-refractivity contribution in [1.82, 2.24) is 10.6 Å². The van der Waals surface area contributed by atoms with E-state index in [0.717, 1.165) is 6.42 Å². The largest absolute Gasteiger partial charge is 0.393 e. The first-order chi connectivity index (χ1) is 6.45. The lowest BCUT2D eigenvalue weighted by molar-refractivity contribution is 0.234. The summed E-state index contributed by atoms with van der Waals surface area (Å²) in [5, 5.41) is 5.56. The van der Waals surface area contributed by atoms with Crippen molar-refractivity contribution < 1.29 is 4.79 Å². The molecule has 0 aromatic rings. The minimum absolute atomic E-state index is 0.0336. The fourth-order valence-electron chi connectivity index (χ4n) is 1.03. The van der Waals surface area contributed by atoms with E-state index in [9.17, 15) is 4.79 Å². The molecule has 4 N–H and O–H groups in total. The van der Waals surface area contributed by atoms with Gasteiger partial charge in [-0.2, -0.15) is 0 Å². The molecular weight excluding hydrogens is 198 g/mol. The Bertz CT molecular complexity index is 206. The Morgan fingerprint density at radius 1 is 1.43 bits per heavy atom. The summed E-state index contributed by atoms with van der Waals surface area (Å²) < 4.78 is 0. The Hall–Kier alpha value is -0.840. The summed E-state index contributed by atoms with van der Waals surface area (Å²) in [4.78, 5) is 11.7. The van der Waals surface area contributed by atoms with Gasteiger partial charge in [-0.3, -0.25) is 0 Å². The van der Waals surface area contributed by atoms with Gasteiger partial charge in [0, 0.05) is 18.5 Å². The van der Waals surface area contributed by atoms with E-state index in [0.29, 0.717) is 11.4 Å². The second kappa shape index (κ2) is 6.59. The van der Waals surface area contributed by atoms with E-state index in [2.05, 4.69) is 10.6 Å². The lowest BCUT2D eigenvalue weighted by atomic mass is 10.1. The van der Waals surface area contributed by atoms with Crippen LogP contribution in [0.25, 0.3) is 0 Å². The molecule has 0 aromatic carbocycles. The van der Waals surface area contributed by atoms with Gasteiger partial charge < -0.3 is 16.4 Å². The highest BCUT2D eigenvalue weighted by Crippen LogP contribution is 1.97. The van der Waals surface area contributed by atoms with Crippen molar-refractivity contribution in [2.75, 3.05) is 0 Å². The molecule has 0 bridgehead atoms. The number of nitrogens with one attached hydrogen (secondary N) is 2. The summed E-state index contributed by atoms with van der Waals surface area (Å²) in [6.07, 6.45) is 1.38. The van der Waals surface area contributed by atoms with Gasteiger partial charge in [0.15, 0.2) is 0 Å². The van der Waals surface area contributed by atoms with Crippen LogP contribution in [-0.4, -0.2) is 23.1 Å². The molecule has 0 radical (unpaired) electrons. The Labute approximate surface area is 90.6 Å². The molecule has 0 aliphatic heterocycles. The summed E-state index contributed by atoms with van der Waals surface area (Å²) in [7, 11) is 0. The van der Waals surface area contributed by atoms with Crippen LogP contribution in [0.3, 0.4) is 0 Å². The van der Waals surface area contributed by atoms with Crippen molar-refractivity contribution in [3.05, 3.63) is 0 Å². The van der Waals surface area contributed by atoms with E-state index in [1.165, 1.54) is 0 Å². The van der Waals surface area contributed by atoms with Crippen molar-refractivity contribution in [3.63, 3.8) is 0 Å². The van der Waals surface area contributed by atoms with E-state index in [1.807, 2.05) is 20.8 Å². The smallest absolute Gasteiger partial charge is 0.315 e. The zero-order chi connectivity index (χ0) is 11.1. The molecule has 14 heavy (non-hydrogen) atoms. The molecule has 82 valence electrons. The Kier molecular flexibility index (Phi) is 6.19. The molecule has 0 saturated carbocycles. The average molecular weight is 217 g/mol. The van der Waals surface area contributed by atoms with Crippen LogP contribution in [0.15, 0.2) is 0 Å². The maximum Gasteiger partial charge on any atom is 0.315 e. The predicted molar refractivity (Wildman–Crippen MR) is 62.3 cm³/mol. The number of hydrogen-bond acceptors (Lipinski definition) is 2. The number of hydrogen-bond donors (Lipinski definition) is 3. The third-order valence-electron chi connectivity index (χ3n) is 1.70. The van der Waals surface area contributed by atoms with Gasteiger partial charge in [0.2, 0.25) is 0 Å². The number of carbonyl (C=O) groups excluding carboxylic acids is 1. The highest BCUT2D eigenvalue weighted by Gasteiger charge is 2.11. The monoisotopic (exact) mass is 217 g/mol. The van der Waals surface area contributed by atoms with Gasteiger partial charge in [0.25, 0.3) is 0 Å². The van der Waals surface area contributed by atoms with Crippen LogP contribution in [-0.2, 0) is 0 Å². The van der Waals surface area contributed by atoms with Crippen LogP contribution in [0.4, 0.5) is 4.79 Å². The second-order valence-corrected chi connectivity index (χ2v) is 4.07. The van der Waals surface area contributed by atoms with Crippen molar-refractivity contribution in [1.29, 1.82) is 0 Å². The Morgan fingerprint density at radius 3 is 2.36 bits per heavy atom. The second-order valence-electron chi connectivity index (χ2n) is 3.55. The number of urea groups is 1. The van der Waals surface area contributed by atoms with Crippen molar-refractivity contribution in [2.24, 2.45) is 5.73 Å². The summed E-state index contributed by atoms with van der Waals surface area (Å²) >= 11 is 4.78. The first kappa shape index (κ1) is 13.2. The zero-order valence-electron chi connectivity index (χ0n) is 8.96. The summed E-state index contributed by atoms with van der Waals surface area (Å²) in [6, 6.07) is 0.00619. The molecule has 0 heterocycles. The van der Waals surface area contributed by atoms with E-state index in [1.54, 1.807) is 0 Å². The fourth-order valence-corrected chi connectivity index (χ4v) is 1.23. The first-order valence-electron chi connectivity index (χ1n) is 4.81. The van der Waals surface area contributed by atoms with Gasteiger partial charge >= 0.3 is 6.03 Å². The van der Waals surface area contributed by atoms with Crippen molar-refractivity contribution >= 4 is 23.2 Å². The molecule has 5 heteroatoms. The molecule has 0 aliphatic carbocycles. The maximum atomic E-state index is 11.3. The Balaban J connectivity index is 3.92. The fraction of sp³-hybridized carbons (Fsp3) is 0.778. The molecule has 2 amide bonds. The van der Waals surface area contributed by atoms with Crippen LogP contribution in [0.1, 0.15) is 33.6 Å². The number of amides is 2. The topological polar surface area (TPSA) is 67.1 Å². The lowest BCUT2D eigenvalue weighted by Crippen LogP contribution is -2.45. The number of rotatable bonds is 5. The van der Waals surface area contributed by atoms with Crippen LogP contribution >= 0.6 is 12.2 Å². The summed E-state index contributed by atoms with van der Waals surface area (Å²) in [5.41, 5.74) is 5.41. The van der Waals surface area contributed by atoms with Crippen LogP contribution in [0, 0.1) is 0 Å².